The summed E-state index contributed by atoms with van der Waals surface area (Å²) in [5, 5.41) is 11.2. The number of anilines is 1. The van der Waals surface area contributed by atoms with Gasteiger partial charge in [0.1, 0.15) is 11.3 Å². The van der Waals surface area contributed by atoms with Crippen LogP contribution in [0, 0.1) is 5.82 Å². The highest BCUT2D eigenvalue weighted by Gasteiger charge is 2.14. The SMILES string of the molecule is O=C(Nc1ccc(Cl)cc1F)c1ccc2c(c1)nnn2CCN1CCOCC1. The maximum absolute atomic E-state index is 13.9. The van der Waals surface area contributed by atoms with Gasteiger partial charge in [-0.25, -0.2) is 9.07 Å². The van der Waals surface area contributed by atoms with E-state index in [2.05, 4.69) is 20.5 Å². The van der Waals surface area contributed by atoms with E-state index in [0.717, 1.165) is 44.4 Å². The number of amides is 1. The minimum absolute atomic E-state index is 0.0728. The van der Waals surface area contributed by atoms with E-state index < -0.39 is 11.7 Å². The minimum Gasteiger partial charge on any atom is -0.379 e. The Kier molecular flexibility index (Phi) is 5.52. The fraction of sp³-hybridized carbons (Fsp3) is 0.316. The lowest BCUT2D eigenvalue weighted by atomic mass is 10.1. The third-order valence-corrected chi connectivity index (χ3v) is 4.92. The van der Waals surface area contributed by atoms with Crippen LogP contribution >= 0.6 is 11.6 Å². The maximum atomic E-state index is 13.9. The van der Waals surface area contributed by atoms with Crippen LogP contribution in [-0.4, -0.2) is 58.6 Å². The first-order valence-corrected chi connectivity index (χ1v) is 9.38. The van der Waals surface area contributed by atoms with E-state index in [0.29, 0.717) is 17.6 Å². The maximum Gasteiger partial charge on any atom is 0.255 e. The van der Waals surface area contributed by atoms with E-state index >= 15 is 0 Å². The van der Waals surface area contributed by atoms with Gasteiger partial charge in [-0.3, -0.25) is 9.69 Å². The molecule has 0 bridgehead atoms. The van der Waals surface area contributed by atoms with Gasteiger partial charge in [0.05, 0.1) is 31.0 Å². The van der Waals surface area contributed by atoms with Gasteiger partial charge in [0.15, 0.2) is 0 Å². The summed E-state index contributed by atoms with van der Waals surface area (Å²) in [4.78, 5) is 14.8. The molecule has 0 spiro atoms. The van der Waals surface area contributed by atoms with Crippen molar-refractivity contribution in [1.29, 1.82) is 0 Å². The first-order chi connectivity index (χ1) is 13.6. The van der Waals surface area contributed by atoms with Crippen LogP contribution in [0.1, 0.15) is 10.4 Å². The normalized spacial score (nSPS) is 15.1. The quantitative estimate of drug-likeness (QED) is 0.709. The molecule has 1 aliphatic rings. The lowest BCUT2D eigenvalue weighted by Crippen LogP contribution is -2.38. The van der Waals surface area contributed by atoms with Crippen molar-refractivity contribution in [2.75, 3.05) is 38.2 Å². The summed E-state index contributed by atoms with van der Waals surface area (Å²) < 4.78 is 21.1. The van der Waals surface area contributed by atoms with Crippen molar-refractivity contribution in [2.45, 2.75) is 6.54 Å². The number of aromatic nitrogens is 3. The van der Waals surface area contributed by atoms with Gasteiger partial charge in [-0.05, 0) is 36.4 Å². The Morgan fingerprint density at radius 3 is 2.79 bits per heavy atom. The summed E-state index contributed by atoms with van der Waals surface area (Å²) in [7, 11) is 0. The van der Waals surface area contributed by atoms with E-state index in [9.17, 15) is 9.18 Å². The van der Waals surface area contributed by atoms with Crippen LogP contribution in [0.4, 0.5) is 10.1 Å². The van der Waals surface area contributed by atoms with E-state index in [1.54, 1.807) is 12.1 Å². The van der Waals surface area contributed by atoms with Crippen LogP contribution in [0.3, 0.4) is 0 Å². The first kappa shape index (κ1) is 18.8. The average molecular weight is 404 g/mol. The lowest BCUT2D eigenvalue weighted by Gasteiger charge is -2.26. The first-order valence-electron chi connectivity index (χ1n) is 9.00. The summed E-state index contributed by atoms with van der Waals surface area (Å²) in [6.07, 6.45) is 0. The van der Waals surface area contributed by atoms with Gasteiger partial charge < -0.3 is 10.1 Å². The highest BCUT2D eigenvalue weighted by atomic mass is 35.5. The highest BCUT2D eigenvalue weighted by Crippen LogP contribution is 2.20. The van der Waals surface area contributed by atoms with Crippen molar-refractivity contribution < 1.29 is 13.9 Å². The van der Waals surface area contributed by atoms with Gasteiger partial charge in [-0.1, -0.05) is 16.8 Å². The fourth-order valence-corrected chi connectivity index (χ4v) is 3.28. The molecule has 0 radical (unpaired) electrons. The number of hydrogen-bond acceptors (Lipinski definition) is 5. The molecule has 3 aromatic rings. The number of carbonyl (C=O) groups excluding carboxylic acids is 1. The molecule has 2 aromatic carbocycles. The zero-order chi connectivity index (χ0) is 19.5. The predicted molar refractivity (Wildman–Crippen MR) is 104 cm³/mol. The molecular weight excluding hydrogens is 385 g/mol. The van der Waals surface area contributed by atoms with E-state index in [4.69, 9.17) is 16.3 Å². The zero-order valence-electron chi connectivity index (χ0n) is 15.1. The average Bonchev–Trinajstić information content (AvgIpc) is 3.11. The van der Waals surface area contributed by atoms with Crippen LogP contribution in [-0.2, 0) is 11.3 Å². The largest absolute Gasteiger partial charge is 0.379 e. The highest BCUT2D eigenvalue weighted by molar-refractivity contribution is 6.30. The van der Waals surface area contributed by atoms with Gasteiger partial charge in [0, 0.05) is 30.2 Å². The van der Waals surface area contributed by atoms with Gasteiger partial charge >= 0.3 is 0 Å². The Labute approximate surface area is 166 Å². The number of hydrogen-bond donors (Lipinski definition) is 1. The van der Waals surface area contributed by atoms with Crippen molar-refractivity contribution >= 4 is 34.2 Å². The fourth-order valence-electron chi connectivity index (χ4n) is 3.12. The third-order valence-electron chi connectivity index (χ3n) is 4.69. The van der Waals surface area contributed by atoms with Crippen LogP contribution in [0.2, 0.25) is 5.02 Å². The molecule has 1 fully saturated rings. The number of ether oxygens (including phenoxy) is 1. The smallest absolute Gasteiger partial charge is 0.255 e. The second-order valence-corrected chi connectivity index (χ2v) is 6.98. The van der Waals surface area contributed by atoms with Crippen molar-refractivity contribution in [1.82, 2.24) is 19.9 Å². The standard InChI is InChI=1S/C19H19ClFN5O2/c20-14-2-3-16(15(21)12-14)22-19(27)13-1-4-18-17(11-13)23-24-26(18)6-5-25-7-9-28-10-8-25/h1-4,11-12H,5-10H2,(H,22,27). The molecule has 1 saturated heterocycles. The van der Waals surface area contributed by atoms with Crippen LogP contribution in [0.25, 0.3) is 11.0 Å². The molecule has 9 heteroatoms. The molecule has 28 heavy (non-hydrogen) atoms. The van der Waals surface area contributed by atoms with Gasteiger partial charge in [-0.15, -0.1) is 5.10 Å². The monoisotopic (exact) mass is 403 g/mol. The third kappa shape index (κ3) is 4.14. The molecule has 1 N–H and O–H groups in total. The molecule has 0 aliphatic carbocycles. The topological polar surface area (TPSA) is 72.3 Å². The van der Waals surface area contributed by atoms with Crippen molar-refractivity contribution in [3.63, 3.8) is 0 Å². The summed E-state index contributed by atoms with van der Waals surface area (Å²) in [5.41, 5.74) is 1.92. The number of carbonyl (C=O) groups is 1. The predicted octanol–water partition coefficient (Wildman–Crippen LogP) is 2.81. The Morgan fingerprint density at radius 1 is 1.18 bits per heavy atom. The molecular formula is C19H19ClFN5O2. The van der Waals surface area contributed by atoms with Crippen molar-refractivity contribution in [3.05, 3.63) is 52.8 Å². The second-order valence-electron chi connectivity index (χ2n) is 6.55. The number of nitrogens with zero attached hydrogens (tertiary/aromatic N) is 4. The van der Waals surface area contributed by atoms with Crippen LogP contribution < -0.4 is 5.32 Å². The summed E-state index contributed by atoms with van der Waals surface area (Å²) in [6, 6.07) is 9.23. The van der Waals surface area contributed by atoms with Crippen LogP contribution in [0.5, 0.6) is 0 Å². The number of benzene rings is 2. The summed E-state index contributed by atoms with van der Waals surface area (Å²) in [5.74, 6) is -1.01. The number of morpholine rings is 1. The summed E-state index contributed by atoms with van der Waals surface area (Å²) in [6.45, 7) is 4.91. The lowest BCUT2D eigenvalue weighted by molar-refractivity contribution is 0.0360. The van der Waals surface area contributed by atoms with E-state index in [-0.39, 0.29) is 10.7 Å². The van der Waals surface area contributed by atoms with E-state index in [1.165, 1.54) is 12.1 Å². The summed E-state index contributed by atoms with van der Waals surface area (Å²) >= 11 is 5.73. The molecule has 0 unspecified atom stereocenters. The van der Waals surface area contributed by atoms with Crippen molar-refractivity contribution in [3.8, 4) is 0 Å². The molecule has 7 nitrogen and oxygen atoms in total. The molecule has 146 valence electrons. The zero-order valence-corrected chi connectivity index (χ0v) is 15.8. The number of rotatable bonds is 5. The Bertz CT molecular complexity index is 1000. The number of fused-ring (bicyclic) bond motifs is 1. The van der Waals surface area contributed by atoms with Crippen LogP contribution in [0.15, 0.2) is 36.4 Å². The molecule has 1 aliphatic heterocycles. The molecule has 4 rings (SSSR count). The molecule has 0 saturated carbocycles. The molecule has 2 heterocycles. The number of nitrogens with one attached hydrogen (secondary N) is 1. The van der Waals surface area contributed by atoms with Gasteiger partial charge in [-0.2, -0.15) is 0 Å². The van der Waals surface area contributed by atoms with E-state index in [1.807, 2.05) is 10.7 Å². The molecule has 0 atom stereocenters. The molecule has 1 aromatic heterocycles. The Balaban J connectivity index is 1.46. The minimum atomic E-state index is -0.587. The number of halogens is 2. The van der Waals surface area contributed by atoms with Gasteiger partial charge in [0.25, 0.3) is 5.91 Å². The molecule has 1 amide bonds. The Hall–Kier alpha value is -2.55. The second kappa shape index (κ2) is 8.22. The van der Waals surface area contributed by atoms with Crippen molar-refractivity contribution in [2.24, 2.45) is 0 Å². The Morgan fingerprint density at radius 2 is 2.00 bits per heavy atom. The van der Waals surface area contributed by atoms with Gasteiger partial charge in [0.2, 0.25) is 0 Å².